The van der Waals surface area contributed by atoms with Crippen molar-refractivity contribution in [3.05, 3.63) is 46.9 Å². The summed E-state index contributed by atoms with van der Waals surface area (Å²) in [7, 11) is 2.07. The molecule has 1 aromatic heterocycles. The number of carbonyl (C=O) groups excluding carboxylic acids is 1. The summed E-state index contributed by atoms with van der Waals surface area (Å²) in [5.41, 5.74) is 3.78. The second-order valence-corrected chi connectivity index (χ2v) is 6.78. The first kappa shape index (κ1) is 17.4. The number of hydrogen-bond donors (Lipinski definition) is 1. The molecule has 2 heterocycles. The lowest BCUT2D eigenvalue weighted by molar-refractivity contribution is 0.0658. The molecule has 0 saturated carbocycles. The van der Waals surface area contributed by atoms with Gasteiger partial charge in [-0.15, -0.1) is 0 Å². The average Bonchev–Trinajstić information content (AvgIpc) is 2.53. The molecule has 1 aromatic carbocycles. The Balaban J connectivity index is 1.81. The van der Waals surface area contributed by atoms with Crippen LogP contribution in [-0.4, -0.2) is 58.9 Å². The van der Waals surface area contributed by atoms with E-state index >= 15 is 0 Å². The molecular formula is C19H25N5O. The standard InChI is InChI=1S/C19H25N5O/c1-13-9-14(2)11-16(10-13)22-18-12-17(20-15(3)21-18)19(25)24-7-5-23(4)6-8-24/h9-12H,5-8H2,1-4H3,(H,20,21,22). The lowest BCUT2D eigenvalue weighted by Crippen LogP contribution is -2.47. The molecule has 1 saturated heterocycles. The quantitative estimate of drug-likeness (QED) is 0.931. The predicted octanol–water partition coefficient (Wildman–Crippen LogP) is 2.53. The summed E-state index contributed by atoms with van der Waals surface area (Å²) in [6.07, 6.45) is 0. The Morgan fingerprint density at radius 2 is 1.60 bits per heavy atom. The van der Waals surface area contributed by atoms with Crippen LogP contribution in [0.1, 0.15) is 27.4 Å². The number of piperazine rings is 1. The van der Waals surface area contributed by atoms with E-state index in [-0.39, 0.29) is 5.91 Å². The largest absolute Gasteiger partial charge is 0.340 e. The Bertz CT molecular complexity index is 761. The Labute approximate surface area is 148 Å². The molecule has 132 valence electrons. The van der Waals surface area contributed by atoms with Gasteiger partial charge >= 0.3 is 0 Å². The number of rotatable bonds is 3. The van der Waals surface area contributed by atoms with Crippen molar-refractivity contribution in [3.8, 4) is 0 Å². The molecule has 1 fully saturated rings. The predicted molar refractivity (Wildman–Crippen MR) is 99.4 cm³/mol. The van der Waals surface area contributed by atoms with Crippen molar-refractivity contribution in [1.29, 1.82) is 0 Å². The molecule has 25 heavy (non-hydrogen) atoms. The first-order valence-corrected chi connectivity index (χ1v) is 8.59. The molecule has 6 nitrogen and oxygen atoms in total. The summed E-state index contributed by atoms with van der Waals surface area (Å²) in [5, 5.41) is 3.30. The van der Waals surface area contributed by atoms with Crippen molar-refractivity contribution in [2.75, 3.05) is 38.5 Å². The van der Waals surface area contributed by atoms with Gasteiger partial charge in [-0.05, 0) is 51.1 Å². The van der Waals surface area contributed by atoms with Gasteiger partial charge in [0, 0.05) is 37.9 Å². The van der Waals surface area contributed by atoms with Crippen LogP contribution in [0.15, 0.2) is 24.3 Å². The zero-order valence-electron chi connectivity index (χ0n) is 15.3. The Hall–Kier alpha value is -2.47. The number of aromatic nitrogens is 2. The molecule has 1 aliphatic heterocycles. The number of likely N-dealkylation sites (N-methyl/N-ethyl adjacent to an activating group) is 1. The van der Waals surface area contributed by atoms with E-state index in [1.54, 1.807) is 6.07 Å². The third-order valence-electron chi connectivity index (χ3n) is 4.34. The fourth-order valence-electron chi connectivity index (χ4n) is 3.11. The first-order chi connectivity index (χ1) is 11.9. The maximum absolute atomic E-state index is 12.8. The van der Waals surface area contributed by atoms with Crippen LogP contribution in [0.5, 0.6) is 0 Å². The highest BCUT2D eigenvalue weighted by atomic mass is 16.2. The normalized spacial score (nSPS) is 15.3. The third kappa shape index (κ3) is 4.33. The summed E-state index contributed by atoms with van der Waals surface area (Å²) < 4.78 is 0. The number of hydrogen-bond acceptors (Lipinski definition) is 5. The van der Waals surface area contributed by atoms with Crippen LogP contribution in [0.3, 0.4) is 0 Å². The molecule has 1 N–H and O–H groups in total. The van der Waals surface area contributed by atoms with Crippen molar-refractivity contribution in [3.63, 3.8) is 0 Å². The lowest BCUT2D eigenvalue weighted by Gasteiger charge is -2.32. The van der Waals surface area contributed by atoms with Crippen LogP contribution in [0.25, 0.3) is 0 Å². The molecule has 0 unspecified atom stereocenters. The number of amides is 1. The summed E-state index contributed by atoms with van der Waals surface area (Å²) >= 11 is 0. The van der Waals surface area contributed by atoms with Gasteiger partial charge in [-0.3, -0.25) is 4.79 Å². The Morgan fingerprint density at radius 1 is 0.960 bits per heavy atom. The zero-order valence-corrected chi connectivity index (χ0v) is 15.3. The molecular weight excluding hydrogens is 314 g/mol. The van der Waals surface area contributed by atoms with E-state index in [1.165, 1.54) is 11.1 Å². The minimum absolute atomic E-state index is 0.0259. The van der Waals surface area contributed by atoms with Gasteiger partial charge in [0.1, 0.15) is 17.3 Å². The molecule has 1 amide bonds. The van der Waals surface area contributed by atoms with E-state index in [0.717, 1.165) is 31.9 Å². The van der Waals surface area contributed by atoms with Crippen LogP contribution in [0, 0.1) is 20.8 Å². The molecule has 1 aliphatic rings. The summed E-state index contributed by atoms with van der Waals surface area (Å²) in [6.45, 7) is 9.19. The molecule has 2 aromatic rings. The van der Waals surface area contributed by atoms with Crippen LogP contribution in [0.2, 0.25) is 0 Å². The summed E-state index contributed by atoms with van der Waals surface area (Å²) in [6, 6.07) is 7.99. The monoisotopic (exact) mass is 339 g/mol. The Kier molecular flexibility index (Phi) is 4.99. The molecule has 3 rings (SSSR count). The highest BCUT2D eigenvalue weighted by Crippen LogP contribution is 2.19. The smallest absolute Gasteiger partial charge is 0.272 e. The third-order valence-corrected chi connectivity index (χ3v) is 4.34. The number of anilines is 2. The van der Waals surface area contributed by atoms with Crippen LogP contribution in [0.4, 0.5) is 11.5 Å². The molecule has 0 aliphatic carbocycles. The van der Waals surface area contributed by atoms with Gasteiger partial charge in [0.25, 0.3) is 5.91 Å². The fourth-order valence-corrected chi connectivity index (χ4v) is 3.11. The number of nitrogens with zero attached hydrogens (tertiary/aromatic N) is 4. The average molecular weight is 339 g/mol. The first-order valence-electron chi connectivity index (χ1n) is 8.59. The number of benzene rings is 1. The van der Waals surface area contributed by atoms with E-state index in [0.29, 0.717) is 17.3 Å². The lowest BCUT2D eigenvalue weighted by atomic mass is 10.1. The van der Waals surface area contributed by atoms with Gasteiger partial charge in [0.2, 0.25) is 0 Å². The molecule has 0 radical (unpaired) electrons. The maximum Gasteiger partial charge on any atom is 0.272 e. The van der Waals surface area contributed by atoms with Crippen molar-refractivity contribution < 1.29 is 4.79 Å². The van der Waals surface area contributed by atoms with Crippen LogP contribution >= 0.6 is 0 Å². The zero-order chi connectivity index (χ0) is 18.0. The SMILES string of the molecule is Cc1cc(C)cc(Nc2cc(C(=O)N3CCN(C)CC3)nc(C)n2)c1. The highest BCUT2D eigenvalue weighted by Gasteiger charge is 2.22. The summed E-state index contributed by atoms with van der Waals surface area (Å²) in [4.78, 5) is 25.6. The number of aryl methyl sites for hydroxylation is 3. The van der Waals surface area contributed by atoms with E-state index in [4.69, 9.17) is 0 Å². The van der Waals surface area contributed by atoms with Crippen molar-refractivity contribution in [1.82, 2.24) is 19.8 Å². The number of nitrogens with one attached hydrogen (secondary N) is 1. The molecule has 0 spiro atoms. The topological polar surface area (TPSA) is 61.4 Å². The van der Waals surface area contributed by atoms with Crippen molar-refractivity contribution in [2.45, 2.75) is 20.8 Å². The van der Waals surface area contributed by atoms with Gasteiger partial charge in [-0.25, -0.2) is 9.97 Å². The van der Waals surface area contributed by atoms with Gasteiger partial charge in [-0.1, -0.05) is 6.07 Å². The van der Waals surface area contributed by atoms with E-state index < -0.39 is 0 Å². The van der Waals surface area contributed by atoms with Gasteiger partial charge < -0.3 is 15.1 Å². The van der Waals surface area contributed by atoms with Crippen molar-refractivity contribution >= 4 is 17.4 Å². The van der Waals surface area contributed by atoms with E-state index in [2.05, 4.69) is 59.3 Å². The van der Waals surface area contributed by atoms with Crippen molar-refractivity contribution in [2.24, 2.45) is 0 Å². The molecule has 0 atom stereocenters. The number of carbonyl (C=O) groups is 1. The Morgan fingerprint density at radius 3 is 2.24 bits per heavy atom. The molecule has 6 heteroatoms. The van der Waals surface area contributed by atoms with Crippen LogP contribution < -0.4 is 5.32 Å². The summed E-state index contributed by atoms with van der Waals surface area (Å²) in [5.74, 6) is 1.21. The van der Waals surface area contributed by atoms with Crippen LogP contribution in [-0.2, 0) is 0 Å². The fraction of sp³-hybridized carbons (Fsp3) is 0.421. The van der Waals surface area contributed by atoms with Gasteiger partial charge in [0.05, 0.1) is 0 Å². The minimum atomic E-state index is -0.0259. The van der Waals surface area contributed by atoms with Gasteiger partial charge in [0.15, 0.2) is 0 Å². The minimum Gasteiger partial charge on any atom is -0.340 e. The van der Waals surface area contributed by atoms with E-state index in [9.17, 15) is 4.79 Å². The highest BCUT2D eigenvalue weighted by molar-refractivity contribution is 5.93. The molecule has 0 bridgehead atoms. The second kappa shape index (κ2) is 7.19. The van der Waals surface area contributed by atoms with E-state index in [1.807, 2.05) is 11.8 Å². The second-order valence-electron chi connectivity index (χ2n) is 6.78. The maximum atomic E-state index is 12.8. The van der Waals surface area contributed by atoms with Gasteiger partial charge in [-0.2, -0.15) is 0 Å².